The van der Waals surface area contributed by atoms with E-state index in [0.29, 0.717) is 5.56 Å². The maximum Gasteiger partial charge on any atom is 0.228 e. The second kappa shape index (κ2) is 14.8. The van der Waals surface area contributed by atoms with Gasteiger partial charge in [0, 0.05) is 17.7 Å². The van der Waals surface area contributed by atoms with Crippen LogP contribution in [0.3, 0.4) is 0 Å². The largest absolute Gasteiger partial charge is 0.508 e. The second-order valence-corrected chi connectivity index (χ2v) is 12.5. The Morgan fingerprint density at radius 1 is 0.725 bits per heavy atom. The summed E-state index contributed by atoms with van der Waals surface area (Å²) in [6.45, 7) is -2.26. The monoisotopic (exact) mass is 726 g/mol. The zero-order valence-corrected chi connectivity index (χ0v) is 26.4. The number of phenols is 2. The molecule has 0 bridgehead atoms. The third-order valence-corrected chi connectivity index (χ3v) is 9.14. The lowest BCUT2D eigenvalue weighted by molar-refractivity contribution is -0.342. The third kappa shape index (κ3) is 6.90. The van der Waals surface area contributed by atoms with Gasteiger partial charge in [-0.15, -0.1) is 0 Å². The normalized spacial score (nSPS) is 37.4. The maximum absolute atomic E-state index is 13.6. The van der Waals surface area contributed by atoms with E-state index < -0.39 is 134 Å². The molecule has 2 aromatic carbocycles. The van der Waals surface area contributed by atoms with Crippen LogP contribution < -0.4 is 10.2 Å². The summed E-state index contributed by atoms with van der Waals surface area (Å²) < 4.78 is 34.3. The molecule has 3 saturated heterocycles. The number of aliphatic hydroxyl groups is 10. The molecule has 19 nitrogen and oxygen atoms in total. The van der Waals surface area contributed by atoms with Gasteiger partial charge in [-0.2, -0.15) is 0 Å². The quantitative estimate of drug-likeness (QED) is 0.105. The van der Waals surface area contributed by atoms with E-state index >= 15 is 0 Å². The van der Waals surface area contributed by atoms with Gasteiger partial charge in [0.15, 0.2) is 11.7 Å². The summed E-state index contributed by atoms with van der Waals surface area (Å²) in [5.41, 5.74) is -1.32. The molecule has 19 heteroatoms. The van der Waals surface area contributed by atoms with E-state index in [1.54, 1.807) is 0 Å². The molecule has 3 aliphatic rings. The Morgan fingerprint density at radius 3 is 2.02 bits per heavy atom. The van der Waals surface area contributed by atoms with Crippen molar-refractivity contribution < 1.29 is 89.4 Å². The van der Waals surface area contributed by atoms with E-state index in [9.17, 15) is 66.1 Å². The molecule has 0 aliphatic carbocycles. The summed E-state index contributed by atoms with van der Waals surface area (Å²) >= 11 is 0. The van der Waals surface area contributed by atoms with Crippen LogP contribution in [0.5, 0.6) is 17.2 Å². The first-order valence-corrected chi connectivity index (χ1v) is 15.8. The van der Waals surface area contributed by atoms with Gasteiger partial charge in [-0.3, -0.25) is 4.79 Å². The first kappa shape index (κ1) is 37.3. The molecule has 12 N–H and O–H groups in total. The molecule has 1 aromatic heterocycles. The summed E-state index contributed by atoms with van der Waals surface area (Å²) in [6, 6.07) is 7.67. The molecule has 0 spiro atoms. The number of ether oxygens (including phenoxy) is 5. The minimum absolute atomic E-state index is 0.0188. The highest BCUT2D eigenvalue weighted by atomic mass is 16.7. The average molecular weight is 727 g/mol. The van der Waals surface area contributed by atoms with Gasteiger partial charge < -0.3 is 89.4 Å². The van der Waals surface area contributed by atoms with Crippen molar-refractivity contribution in [2.24, 2.45) is 0 Å². The van der Waals surface area contributed by atoms with E-state index in [1.807, 2.05) is 0 Å². The first-order chi connectivity index (χ1) is 24.2. The number of hydrogen-bond acceptors (Lipinski definition) is 19. The van der Waals surface area contributed by atoms with E-state index in [2.05, 4.69) is 0 Å². The Bertz CT molecular complexity index is 1730. The summed E-state index contributed by atoms with van der Waals surface area (Å²) in [4.78, 5) is 13.6. The Labute approximate surface area is 286 Å². The van der Waals surface area contributed by atoms with E-state index in [1.165, 1.54) is 24.3 Å². The lowest BCUT2D eigenvalue weighted by Crippen LogP contribution is -2.62. The van der Waals surface area contributed by atoms with Crippen LogP contribution in [0.1, 0.15) is 11.7 Å². The smallest absolute Gasteiger partial charge is 0.228 e. The number of aromatic hydroxyl groups is 2. The van der Waals surface area contributed by atoms with Crippen LogP contribution in [-0.4, -0.2) is 161 Å². The topological polar surface area (TPSA) is 319 Å². The predicted molar refractivity (Wildman–Crippen MR) is 165 cm³/mol. The highest BCUT2D eigenvalue weighted by molar-refractivity contribution is 5.88. The molecule has 0 saturated carbocycles. The SMILES string of the molecule is O=c1cc(-c2ccc(O)cc2)oc2cc(O[C@@H]3OC[C@@H](O)[C@H](O)[C@@H]3O)c([C@@H]3O[C@H](CO)[C@@H](O)[C@H](O)[C@@H]3O[C@@H]3O[C@H](CO)[C@@H](O)[C@H](O)[C@H]3O)c(O)c12. The van der Waals surface area contributed by atoms with Gasteiger partial charge in [-0.25, -0.2) is 0 Å². The standard InChI is InChI=1S/C32H38O19/c33-7-17-23(40)26(43)30(51-32-28(45)25(42)22(39)18(8-34)50-32)29(48-17)20-16(49-31-27(44)21(38)13(37)9-46-31)6-15-19(24(20)41)12(36)5-14(47-15)10-1-3-11(35)4-2-10/h1-6,13,17-18,21-23,25-35,37-45H,7-9H2/t13-,17-,18-,21+,22-,23-,25+,26+,27+,28-,29+,30+,31+,32+/m1/s1. The van der Waals surface area contributed by atoms with Gasteiger partial charge in [0.2, 0.25) is 6.29 Å². The fraction of sp³-hybridized carbons (Fsp3) is 0.531. The second-order valence-electron chi connectivity index (χ2n) is 12.5. The molecule has 0 amide bonds. The Hall–Kier alpha value is -3.51. The summed E-state index contributed by atoms with van der Waals surface area (Å²) in [5, 5.41) is 125. The Kier molecular flexibility index (Phi) is 10.8. The lowest BCUT2D eigenvalue weighted by Gasteiger charge is -2.46. The first-order valence-electron chi connectivity index (χ1n) is 15.8. The van der Waals surface area contributed by atoms with Crippen molar-refractivity contribution in [3.63, 3.8) is 0 Å². The van der Waals surface area contributed by atoms with E-state index in [-0.39, 0.29) is 17.1 Å². The predicted octanol–water partition coefficient (Wildman–Crippen LogP) is -3.97. The zero-order valence-electron chi connectivity index (χ0n) is 26.4. The van der Waals surface area contributed by atoms with Crippen molar-refractivity contribution in [3.05, 3.63) is 52.2 Å². The van der Waals surface area contributed by atoms with Crippen LogP contribution in [-0.2, 0) is 18.9 Å². The Morgan fingerprint density at radius 2 is 1.35 bits per heavy atom. The molecule has 14 atom stereocenters. The molecule has 3 fully saturated rings. The van der Waals surface area contributed by atoms with Gasteiger partial charge in [-0.05, 0) is 24.3 Å². The summed E-state index contributed by atoms with van der Waals surface area (Å²) in [5.74, 6) is -1.49. The number of phenolic OH excluding ortho intramolecular Hbond substituents is 2. The summed E-state index contributed by atoms with van der Waals surface area (Å²) in [6.07, 6.45) is -25.3. The number of rotatable bonds is 8. The minimum atomic E-state index is -2.03. The molecule has 3 aliphatic heterocycles. The maximum atomic E-state index is 13.6. The molecule has 0 unspecified atom stereocenters. The molecule has 0 radical (unpaired) electrons. The van der Waals surface area contributed by atoms with Gasteiger partial charge in [-0.1, -0.05) is 0 Å². The Balaban J connectivity index is 1.51. The van der Waals surface area contributed by atoms with Gasteiger partial charge in [0.25, 0.3) is 0 Å². The van der Waals surface area contributed by atoms with Crippen LogP contribution in [0.15, 0.2) is 45.6 Å². The van der Waals surface area contributed by atoms with Crippen LogP contribution >= 0.6 is 0 Å². The molecule has 280 valence electrons. The molecule has 4 heterocycles. The minimum Gasteiger partial charge on any atom is -0.508 e. The van der Waals surface area contributed by atoms with Crippen molar-refractivity contribution >= 4 is 11.0 Å². The van der Waals surface area contributed by atoms with Crippen molar-refractivity contribution in [2.75, 3.05) is 19.8 Å². The number of hydrogen-bond donors (Lipinski definition) is 12. The van der Waals surface area contributed by atoms with Crippen molar-refractivity contribution in [1.29, 1.82) is 0 Å². The van der Waals surface area contributed by atoms with Gasteiger partial charge in [0.1, 0.15) is 107 Å². The van der Waals surface area contributed by atoms with E-state index in [4.69, 9.17) is 28.1 Å². The average Bonchev–Trinajstić information content (AvgIpc) is 3.11. The summed E-state index contributed by atoms with van der Waals surface area (Å²) in [7, 11) is 0. The van der Waals surface area contributed by atoms with Crippen LogP contribution in [0, 0.1) is 0 Å². The number of benzene rings is 2. The lowest BCUT2D eigenvalue weighted by atomic mass is 9.89. The van der Waals surface area contributed by atoms with Gasteiger partial charge in [0.05, 0.1) is 25.4 Å². The van der Waals surface area contributed by atoms with Gasteiger partial charge >= 0.3 is 0 Å². The van der Waals surface area contributed by atoms with Crippen LogP contribution in [0.25, 0.3) is 22.3 Å². The third-order valence-electron chi connectivity index (χ3n) is 9.14. The number of fused-ring (bicyclic) bond motifs is 1. The van der Waals surface area contributed by atoms with Crippen molar-refractivity contribution in [1.82, 2.24) is 0 Å². The van der Waals surface area contributed by atoms with Crippen LogP contribution in [0.4, 0.5) is 0 Å². The molecule has 51 heavy (non-hydrogen) atoms. The molecular formula is C32H38O19. The fourth-order valence-electron chi connectivity index (χ4n) is 6.25. The van der Waals surface area contributed by atoms with Crippen molar-refractivity contribution in [3.8, 4) is 28.6 Å². The van der Waals surface area contributed by atoms with Crippen LogP contribution in [0.2, 0.25) is 0 Å². The molecule has 6 rings (SSSR count). The molecule has 3 aromatic rings. The zero-order chi connectivity index (χ0) is 36.9. The van der Waals surface area contributed by atoms with E-state index in [0.717, 1.165) is 12.1 Å². The fourth-order valence-corrected chi connectivity index (χ4v) is 6.25. The number of aliphatic hydroxyl groups excluding tert-OH is 10. The van der Waals surface area contributed by atoms with Crippen molar-refractivity contribution in [2.45, 2.75) is 85.8 Å². The highest BCUT2D eigenvalue weighted by Crippen LogP contribution is 2.47. The highest BCUT2D eigenvalue weighted by Gasteiger charge is 2.52. The molecular weight excluding hydrogens is 688 g/mol.